The highest BCUT2D eigenvalue weighted by molar-refractivity contribution is 8.00. The summed E-state index contributed by atoms with van der Waals surface area (Å²) in [6.45, 7) is 6.68. The van der Waals surface area contributed by atoms with Crippen LogP contribution in [0.1, 0.15) is 38.1 Å². The van der Waals surface area contributed by atoms with Gasteiger partial charge in [-0.2, -0.15) is 0 Å². The van der Waals surface area contributed by atoms with E-state index in [-0.39, 0.29) is 12.1 Å². The van der Waals surface area contributed by atoms with Crippen LogP contribution in [0, 0.1) is 5.82 Å². The van der Waals surface area contributed by atoms with Crippen molar-refractivity contribution in [2.45, 2.75) is 43.5 Å². The van der Waals surface area contributed by atoms with Crippen LogP contribution in [-0.4, -0.2) is 27.7 Å². The third-order valence-corrected chi connectivity index (χ3v) is 6.70. The van der Waals surface area contributed by atoms with Crippen LogP contribution in [0.15, 0.2) is 71.9 Å². The zero-order chi connectivity index (χ0) is 26.4. The highest BCUT2D eigenvalue weighted by Crippen LogP contribution is 2.30. The number of nitrogens with two attached hydrogens (primary N) is 1. The summed E-state index contributed by atoms with van der Waals surface area (Å²) in [4.78, 5) is 23.1. The lowest BCUT2D eigenvalue weighted by Crippen LogP contribution is -2.34. The number of fused-ring (bicyclic) bond motifs is 1. The average Bonchev–Trinajstić information content (AvgIpc) is 2.88. The Balaban J connectivity index is 1.65. The van der Waals surface area contributed by atoms with Crippen LogP contribution < -0.4 is 21.1 Å². The molecule has 9 heteroatoms. The van der Waals surface area contributed by atoms with E-state index in [9.17, 15) is 4.79 Å². The summed E-state index contributed by atoms with van der Waals surface area (Å²) >= 11 is 1.67. The van der Waals surface area contributed by atoms with Crippen molar-refractivity contribution in [3.05, 3.63) is 84.1 Å². The molecule has 0 aliphatic heterocycles. The number of nitrogens with one attached hydrogen (secondary N) is 2. The molecule has 0 fully saturated rings. The van der Waals surface area contributed by atoms with Crippen molar-refractivity contribution in [1.82, 2.24) is 15.3 Å². The molecule has 2 aromatic carbocycles. The second-order valence-electron chi connectivity index (χ2n) is 8.66. The first kappa shape index (κ1) is 26.2. The molecule has 7 nitrogen and oxygen atoms in total. The molecule has 4 aromatic rings. The second kappa shape index (κ2) is 11.9. The molecule has 2 aromatic heterocycles. The van der Waals surface area contributed by atoms with Crippen LogP contribution >= 0.6 is 11.8 Å². The fourth-order valence-electron chi connectivity index (χ4n) is 3.93. The number of amides is 1. The number of benzene rings is 2. The fourth-order valence-corrected chi connectivity index (χ4v) is 4.86. The third kappa shape index (κ3) is 6.48. The summed E-state index contributed by atoms with van der Waals surface area (Å²) in [6, 6.07) is 14.5. The number of rotatable bonds is 10. The minimum atomic E-state index is -1.03. The number of anilines is 2. The first-order chi connectivity index (χ1) is 17.9. The monoisotopic (exact) mass is 519 g/mol. The van der Waals surface area contributed by atoms with Gasteiger partial charge in [-0.05, 0) is 66.9 Å². The topological polar surface area (TPSA) is 102 Å². The zero-order valence-corrected chi connectivity index (χ0v) is 21.8. The SMILES string of the molecule is CCOc1ccc(F)c(C(Nc2ccc3c(N)nccc3c2)C(=O)NCc2ncccc2SC(C)C)c1. The van der Waals surface area contributed by atoms with Crippen LogP contribution in [0.2, 0.25) is 0 Å². The fraction of sp³-hybridized carbons (Fsp3) is 0.250. The zero-order valence-electron chi connectivity index (χ0n) is 21.0. The molecule has 0 aliphatic carbocycles. The number of halogens is 1. The highest BCUT2D eigenvalue weighted by atomic mass is 32.2. The largest absolute Gasteiger partial charge is 0.494 e. The maximum atomic E-state index is 15.1. The number of nitrogens with zero attached hydrogens (tertiary/aromatic N) is 2. The van der Waals surface area contributed by atoms with Gasteiger partial charge in [0.15, 0.2) is 0 Å². The normalized spacial score (nSPS) is 11.9. The Bertz CT molecular complexity index is 1400. The Morgan fingerprint density at radius 2 is 1.95 bits per heavy atom. The van der Waals surface area contributed by atoms with E-state index < -0.39 is 17.8 Å². The summed E-state index contributed by atoms with van der Waals surface area (Å²) in [5.74, 6) is -0.0114. The lowest BCUT2D eigenvalue weighted by atomic mass is 10.0. The van der Waals surface area contributed by atoms with Gasteiger partial charge in [0.2, 0.25) is 5.91 Å². The molecule has 0 saturated carbocycles. The number of ether oxygens (including phenoxy) is 1. The van der Waals surface area contributed by atoms with Crippen LogP contribution in [0.25, 0.3) is 10.8 Å². The van der Waals surface area contributed by atoms with Gasteiger partial charge >= 0.3 is 0 Å². The molecular formula is C28H30FN5O2S. The van der Waals surface area contributed by atoms with Gasteiger partial charge in [-0.25, -0.2) is 9.37 Å². The Morgan fingerprint density at radius 1 is 1.11 bits per heavy atom. The summed E-state index contributed by atoms with van der Waals surface area (Å²) in [5.41, 5.74) is 7.55. The van der Waals surface area contributed by atoms with Crippen molar-refractivity contribution in [3.63, 3.8) is 0 Å². The predicted octanol–water partition coefficient (Wildman–Crippen LogP) is 5.72. The van der Waals surface area contributed by atoms with Crippen molar-refractivity contribution < 1.29 is 13.9 Å². The highest BCUT2D eigenvalue weighted by Gasteiger charge is 2.25. The van der Waals surface area contributed by atoms with E-state index in [4.69, 9.17) is 10.5 Å². The molecule has 192 valence electrons. The van der Waals surface area contributed by atoms with E-state index in [0.29, 0.717) is 29.1 Å². The predicted molar refractivity (Wildman–Crippen MR) is 147 cm³/mol. The molecule has 0 radical (unpaired) electrons. The smallest absolute Gasteiger partial charge is 0.247 e. The minimum Gasteiger partial charge on any atom is -0.494 e. The van der Waals surface area contributed by atoms with Crippen LogP contribution in [-0.2, 0) is 11.3 Å². The van der Waals surface area contributed by atoms with Crippen LogP contribution in [0.3, 0.4) is 0 Å². The number of hydrogen-bond acceptors (Lipinski definition) is 7. The van der Waals surface area contributed by atoms with E-state index in [0.717, 1.165) is 21.4 Å². The Morgan fingerprint density at radius 3 is 2.73 bits per heavy atom. The van der Waals surface area contributed by atoms with Gasteiger partial charge in [0.1, 0.15) is 23.4 Å². The first-order valence-corrected chi connectivity index (χ1v) is 12.9. The van der Waals surface area contributed by atoms with E-state index >= 15 is 4.39 Å². The van der Waals surface area contributed by atoms with Crippen LogP contribution in [0.4, 0.5) is 15.9 Å². The van der Waals surface area contributed by atoms with Gasteiger partial charge < -0.3 is 21.1 Å². The molecule has 2 heterocycles. The van der Waals surface area contributed by atoms with Gasteiger partial charge in [-0.1, -0.05) is 13.8 Å². The number of carbonyl (C=O) groups is 1. The molecule has 1 unspecified atom stereocenters. The molecule has 0 bridgehead atoms. The van der Waals surface area contributed by atoms with Crippen molar-refractivity contribution in [3.8, 4) is 5.75 Å². The summed E-state index contributed by atoms with van der Waals surface area (Å²) < 4.78 is 20.7. The second-order valence-corrected chi connectivity index (χ2v) is 10.3. The van der Waals surface area contributed by atoms with Gasteiger partial charge in [-0.15, -0.1) is 11.8 Å². The van der Waals surface area contributed by atoms with Crippen molar-refractivity contribution in [2.24, 2.45) is 0 Å². The van der Waals surface area contributed by atoms with E-state index in [1.54, 1.807) is 42.4 Å². The summed E-state index contributed by atoms with van der Waals surface area (Å²) in [7, 11) is 0. The Kier molecular flexibility index (Phi) is 8.45. The maximum Gasteiger partial charge on any atom is 0.247 e. The quantitative estimate of drug-likeness (QED) is 0.230. The molecule has 1 amide bonds. The molecule has 0 aliphatic rings. The number of carbonyl (C=O) groups excluding carboxylic acids is 1. The molecule has 0 spiro atoms. The van der Waals surface area contributed by atoms with Gasteiger partial charge in [0, 0.05) is 39.2 Å². The molecular weight excluding hydrogens is 489 g/mol. The average molecular weight is 520 g/mol. The summed E-state index contributed by atoms with van der Waals surface area (Å²) in [5, 5.41) is 8.16. The number of nitrogen functional groups attached to an aromatic ring is 1. The van der Waals surface area contributed by atoms with Gasteiger partial charge in [0.25, 0.3) is 0 Å². The van der Waals surface area contributed by atoms with Gasteiger partial charge in [-0.3, -0.25) is 9.78 Å². The summed E-state index contributed by atoms with van der Waals surface area (Å²) in [6.07, 6.45) is 3.32. The van der Waals surface area contributed by atoms with Gasteiger partial charge in [0.05, 0.1) is 18.8 Å². The number of hydrogen-bond donors (Lipinski definition) is 3. The van der Waals surface area contributed by atoms with E-state index in [2.05, 4.69) is 34.4 Å². The Hall–Kier alpha value is -3.85. The van der Waals surface area contributed by atoms with E-state index in [1.807, 2.05) is 37.3 Å². The lowest BCUT2D eigenvalue weighted by molar-refractivity contribution is -0.122. The van der Waals surface area contributed by atoms with Crippen molar-refractivity contribution >= 4 is 39.9 Å². The standard InChI is InChI=1S/C28H30FN5O2S/c1-4-36-20-8-10-23(29)22(15-20)26(34-19-7-9-21-18(14-19)11-13-32-27(21)30)28(35)33-16-24-25(37-17(2)3)6-5-12-31-24/h5-15,17,26,34H,4,16H2,1-3H3,(H2,30,32)(H,33,35). The Labute approximate surface area is 220 Å². The molecule has 1 atom stereocenters. The molecule has 4 rings (SSSR count). The van der Waals surface area contributed by atoms with Crippen molar-refractivity contribution in [1.29, 1.82) is 0 Å². The third-order valence-electron chi connectivity index (χ3n) is 5.60. The number of pyridine rings is 2. The maximum absolute atomic E-state index is 15.1. The molecule has 37 heavy (non-hydrogen) atoms. The number of thioether (sulfide) groups is 1. The first-order valence-electron chi connectivity index (χ1n) is 12.1. The van der Waals surface area contributed by atoms with Crippen molar-refractivity contribution in [2.75, 3.05) is 17.7 Å². The molecule has 0 saturated heterocycles. The van der Waals surface area contributed by atoms with Crippen LogP contribution in [0.5, 0.6) is 5.75 Å². The van der Waals surface area contributed by atoms with E-state index in [1.165, 1.54) is 6.07 Å². The molecule has 4 N–H and O–H groups in total. The number of aromatic nitrogens is 2. The lowest BCUT2D eigenvalue weighted by Gasteiger charge is -2.22. The minimum absolute atomic E-state index is 0.176.